The molecule has 1 aromatic carbocycles. The van der Waals surface area contributed by atoms with Gasteiger partial charge in [-0.1, -0.05) is 42.7 Å². The van der Waals surface area contributed by atoms with Crippen LogP contribution in [0.1, 0.15) is 56.1 Å². The number of rotatable bonds is 5. The molecule has 0 amide bonds. The van der Waals surface area contributed by atoms with Gasteiger partial charge in [0.2, 0.25) is 0 Å². The maximum absolute atomic E-state index is 6.51. The zero-order chi connectivity index (χ0) is 15.4. The molecule has 0 spiro atoms. The fraction of sp³-hybridized carbons (Fsp3) is 0.700. The summed E-state index contributed by atoms with van der Waals surface area (Å²) < 4.78 is 0. The van der Waals surface area contributed by atoms with E-state index in [9.17, 15) is 0 Å². The lowest BCUT2D eigenvalue weighted by Crippen LogP contribution is -2.39. The molecule has 1 aromatic rings. The number of aryl methyl sites for hydroxylation is 1. The Kier molecular flexibility index (Phi) is 5.54. The van der Waals surface area contributed by atoms with Crippen molar-refractivity contribution in [3.63, 3.8) is 0 Å². The molecule has 2 N–H and O–H groups in total. The Morgan fingerprint density at radius 3 is 2.55 bits per heavy atom. The number of benzene rings is 1. The van der Waals surface area contributed by atoms with E-state index in [1.165, 1.54) is 69.2 Å². The number of nitrogens with zero attached hydrogens (tertiary/aromatic N) is 1. The number of likely N-dealkylation sites (tertiary alicyclic amines) is 1. The van der Waals surface area contributed by atoms with Gasteiger partial charge in [-0.15, -0.1) is 0 Å². The van der Waals surface area contributed by atoms with Gasteiger partial charge in [0.05, 0.1) is 0 Å². The molecular weight excluding hydrogens is 268 g/mol. The molecule has 1 aliphatic heterocycles. The SMILES string of the molecule is Cc1ccc(CN2CCCC(CC(N)C3CCCC3)C2)cc1. The highest BCUT2D eigenvalue weighted by Crippen LogP contribution is 2.31. The second-order valence-electron chi connectivity index (χ2n) is 7.67. The molecule has 1 aliphatic carbocycles. The van der Waals surface area contributed by atoms with Gasteiger partial charge in [-0.25, -0.2) is 0 Å². The lowest BCUT2D eigenvalue weighted by atomic mass is 9.86. The van der Waals surface area contributed by atoms with Crippen LogP contribution in [0.3, 0.4) is 0 Å². The summed E-state index contributed by atoms with van der Waals surface area (Å²) in [6, 6.07) is 9.47. The van der Waals surface area contributed by atoms with Crippen molar-refractivity contribution in [1.82, 2.24) is 4.90 Å². The molecule has 0 bridgehead atoms. The third-order valence-corrected chi connectivity index (χ3v) is 5.74. The highest BCUT2D eigenvalue weighted by molar-refractivity contribution is 5.21. The third-order valence-electron chi connectivity index (χ3n) is 5.74. The van der Waals surface area contributed by atoms with E-state index in [4.69, 9.17) is 5.73 Å². The average molecular weight is 300 g/mol. The molecule has 2 fully saturated rings. The first-order valence-electron chi connectivity index (χ1n) is 9.24. The van der Waals surface area contributed by atoms with E-state index in [1.54, 1.807) is 0 Å². The van der Waals surface area contributed by atoms with Gasteiger partial charge < -0.3 is 5.73 Å². The van der Waals surface area contributed by atoms with Gasteiger partial charge in [0, 0.05) is 19.1 Å². The van der Waals surface area contributed by atoms with Gasteiger partial charge >= 0.3 is 0 Å². The van der Waals surface area contributed by atoms with Crippen molar-refractivity contribution in [2.45, 2.75) is 64.5 Å². The Hall–Kier alpha value is -0.860. The van der Waals surface area contributed by atoms with Gasteiger partial charge in [0.15, 0.2) is 0 Å². The number of piperidine rings is 1. The van der Waals surface area contributed by atoms with Crippen LogP contribution in [0, 0.1) is 18.8 Å². The monoisotopic (exact) mass is 300 g/mol. The fourth-order valence-electron chi connectivity index (χ4n) is 4.40. The minimum atomic E-state index is 0.451. The van der Waals surface area contributed by atoms with E-state index in [2.05, 4.69) is 36.1 Å². The highest BCUT2D eigenvalue weighted by Gasteiger charge is 2.27. The van der Waals surface area contributed by atoms with Crippen LogP contribution in [0.15, 0.2) is 24.3 Å². The Labute approximate surface area is 136 Å². The molecule has 122 valence electrons. The summed E-state index contributed by atoms with van der Waals surface area (Å²) in [7, 11) is 0. The van der Waals surface area contributed by atoms with Gasteiger partial charge in [-0.05, 0) is 63.0 Å². The van der Waals surface area contributed by atoms with Crippen molar-refractivity contribution < 1.29 is 0 Å². The summed E-state index contributed by atoms with van der Waals surface area (Å²) in [5.41, 5.74) is 9.31. The Morgan fingerprint density at radius 2 is 1.82 bits per heavy atom. The van der Waals surface area contributed by atoms with E-state index >= 15 is 0 Å². The summed E-state index contributed by atoms with van der Waals surface area (Å²) in [4.78, 5) is 2.64. The minimum Gasteiger partial charge on any atom is -0.327 e. The Bertz CT molecular complexity index is 447. The summed E-state index contributed by atoms with van der Waals surface area (Å²) in [6.45, 7) is 5.76. The lowest BCUT2D eigenvalue weighted by Gasteiger charge is -2.35. The molecule has 2 nitrogen and oxygen atoms in total. The zero-order valence-electron chi connectivity index (χ0n) is 14.1. The standard InChI is InChI=1S/C20H32N2/c1-16-8-10-17(11-9-16)14-22-12-4-5-18(15-22)13-20(21)19-6-2-3-7-19/h8-11,18-20H,2-7,12-15,21H2,1H3. The van der Waals surface area contributed by atoms with E-state index < -0.39 is 0 Å². The summed E-state index contributed by atoms with van der Waals surface area (Å²) >= 11 is 0. The molecule has 2 unspecified atom stereocenters. The highest BCUT2D eigenvalue weighted by atomic mass is 15.1. The van der Waals surface area contributed by atoms with Crippen LogP contribution in [-0.4, -0.2) is 24.0 Å². The van der Waals surface area contributed by atoms with Crippen molar-refractivity contribution >= 4 is 0 Å². The van der Waals surface area contributed by atoms with Crippen LogP contribution in [0.25, 0.3) is 0 Å². The van der Waals surface area contributed by atoms with Gasteiger partial charge in [-0.3, -0.25) is 4.90 Å². The van der Waals surface area contributed by atoms with Gasteiger partial charge in [0.25, 0.3) is 0 Å². The topological polar surface area (TPSA) is 29.3 Å². The molecule has 2 aliphatic rings. The van der Waals surface area contributed by atoms with E-state index in [0.717, 1.165) is 18.4 Å². The molecule has 1 saturated carbocycles. The smallest absolute Gasteiger partial charge is 0.0233 e. The Morgan fingerprint density at radius 1 is 1.09 bits per heavy atom. The number of nitrogens with two attached hydrogens (primary N) is 1. The molecule has 2 atom stereocenters. The maximum Gasteiger partial charge on any atom is 0.0233 e. The van der Waals surface area contributed by atoms with Gasteiger partial charge in [-0.2, -0.15) is 0 Å². The summed E-state index contributed by atoms with van der Waals surface area (Å²) in [5, 5.41) is 0. The first-order chi connectivity index (χ1) is 10.7. The molecule has 1 heterocycles. The van der Waals surface area contributed by atoms with Crippen LogP contribution >= 0.6 is 0 Å². The first-order valence-corrected chi connectivity index (χ1v) is 9.24. The quantitative estimate of drug-likeness (QED) is 0.886. The normalized spacial score (nSPS) is 25.5. The summed E-state index contributed by atoms with van der Waals surface area (Å²) in [5.74, 6) is 1.63. The molecule has 3 rings (SSSR count). The van der Waals surface area contributed by atoms with Crippen molar-refractivity contribution in [3.05, 3.63) is 35.4 Å². The van der Waals surface area contributed by atoms with Crippen molar-refractivity contribution in [1.29, 1.82) is 0 Å². The predicted octanol–water partition coefficient (Wildman–Crippen LogP) is 4.11. The van der Waals surface area contributed by atoms with Crippen LogP contribution in [0.5, 0.6) is 0 Å². The minimum absolute atomic E-state index is 0.451. The van der Waals surface area contributed by atoms with Crippen LogP contribution in [0.2, 0.25) is 0 Å². The second-order valence-corrected chi connectivity index (χ2v) is 7.67. The van der Waals surface area contributed by atoms with E-state index in [1.807, 2.05) is 0 Å². The van der Waals surface area contributed by atoms with E-state index in [-0.39, 0.29) is 0 Å². The van der Waals surface area contributed by atoms with Crippen molar-refractivity contribution in [2.75, 3.05) is 13.1 Å². The van der Waals surface area contributed by atoms with Crippen molar-refractivity contribution in [3.8, 4) is 0 Å². The molecule has 1 saturated heterocycles. The molecular formula is C20H32N2. The first kappa shape index (κ1) is 16.0. The second kappa shape index (κ2) is 7.61. The van der Waals surface area contributed by atoms with Gasteiger partial charge in [0.1, 0.15) is 0 Å². The molecule has 0 radical (unpaired) electrons. The maximum atomic E-state index is 6.51. The third kappa shape index (κ3) is 4.33. The summed E-state index contributed by atoms with van der Waals surface area (Å²) in [6.07, 6.45) is 9.53. The lowest BCUT2D eigenvalue weighted by molar-refractivity contribution is 0.150. The van der Waals surface area contributed by atoms with Crippen LogP contribution in [-0.2, 0) is 6.54 Å². The predicted molar refractivity (Wildman–Crippen MR) is 93.7 cm³/mol. The zero-order valence-corrected chi connectivity index (χ0v) is 14.1. The fourth-order valence-corrected chi connectivity index (χ4v) is 4.40. The number of hydrogen-bond acceptors (Lipinski definition) is 2. The Balaban J connectivity index is 1.49. The van der Waals surface area contributed by atoms with Crippen molar-refractivity contribution in [2.24, 2.45) is 17.6 Å². The van der Waals surface area contributed by atoms with E-state index in [0.29, 0.717) is 6.04 Å². The molecule has 22 heavy (non-hydrogen) atoms. The molecule has 2 heteroatoms. The molecule has 0 aromatic heterocycles. The average Bonchev–Trinajstić information content (AvgIpc) is 3.04. The number of hydrogen-bond donors (Lipinski definition) is 1. The van der Waals surface area contributed by atoms with Crippen LogP contribution < -0.4 is 5.73 Å². The largest absolute Gasteiger partial charge is 0.327 e. The van der Waals surface area contributed by atoms with Crippen LogP contribution in [0.4, 0.5) is 0 Å².